The molecule has 0 spiro atoms. The van der Waals surface area contributed by atoms with Crippen LogP contribution in [0, 0.1) is 17.2 Å². The molecule has 4 heteroatoms. The molecule has 206 valence electrons. The first kappa shape index (κ1) is 29.8. The summed E-state index contributed by atoms with van der Waals surface area (Å²) < 4.78 is 11.4. The normalized spacial score (nSPS) is 13.7. The highest BCUT2D eigenvalue weighted by Crippen LogP contribution is 2.28. The van der Waals surface area contributed by atoms with Gasteiger partial charge in [-0.05, 0) is 61.1 Å². The minimum Gasteiger partial charge on any atom is -0.492 e. The van der Waals surface area contributed by atoms with Gasteiger partial charge in [0, 0.05) is 0 Å². The number of ether oxygens (including phenoxy) is 2. The van der Waals surface area contributed by atoms with E-state index in [1.165, 1.54) is 95.5 Å². The van der Waals surface area contributed by atoms with Crippen LogP contribution >= 0.6 is 0 Å². The van der Waals surface area contributed by atoms with Gasteiger partial charge in [0.1, 0.15) is 17.6 Å². The lowest BCUT2D eigenvalue weighted by Gasteiger charge is -2.21. The molecule has 0 aliphatic heterocycles. The van der Waals surface area contributed by atoms with Crippen molar-refractivity contribution < 1.29 is 14.3 Å². The predicted octanol–water partition coefficient (Wildman–Crippen LogP) is 9.59. The Morgan fingerprint density at radius 3 is 2.18 bits per heavy atom. The molecule has 1 aliphatic carbocycles. The highest BCUT2D eigenvalue weighted by atomic mass is 16.5. The molecule has 38 heavy (non-hydrogen) atoms. The zero-order valence-corrected chi connectivity index (χ0v) is 23.5. The Balaban J connectivity index is 1.36. The van der Waals surface area contributed by atoms with E-state index in [1.807, 2.05) is 12.1 Å². The molecule has 0 bridgehead atoms. The van der Waals surface area contributed by atoms with Crippen molar-refractivity contribution in [1.29, 1.82) is 5.26 Å². The number of carbonyl (C=O) groups is 1. The molecular formula is C34H47NO3. The Morgan fingerprint density at radius 1 is 0.868 bits per heavy atom. The number of carbonyl (C=O) groups excluding carboxylic acids is 1. The Bertz CT molecular complexity index is 986. The van der Waals surface area contributed by atoms with Crippen molar-refractivity contribution >= 4 is 5.97 Å². The van der Waals surface area contributed by atoms with Crippen molar-refractivity contribution in [1.82, 2.24) is 0 Å². The van der Waals surface area contributed by atoms with Gasteiger partial charge in [0.2, 0.25) is 0 Å². The summed E-state index contributed by atoms with van der Waals surface area (Å²) in [5.74, 6) is 1.45. The van der Waals surface area contributed by atoms with E-state index in [0.717, 1.165) is 25.2 Å². The number of esters is 1. The van der Waals surface area contributed by atoms with Crippen LogP contribution in [0.5, 0.6) is 11.5 Å². The van der Waals surface area contributed by atoms with Crippen LogP contribution in [-0.2, 0) is 6.42 Å². The van der Waals surface area contributed by atoms with Gasteiger partial charge >= 0.3 is 5.97 Å². The highest BCUT2D eigenvalue weighted by Gasteiger charge is 2.15. The third-order valence-corrected chi connectivity index (χ3v) is 7.79. The van der Waals surface area contributed by atoms with Crippen LogP contribution in [0.2, 0.25) is 0 Å². The molecule has 0 N–H and O–H groups in total. The monoisotopic (exact) mass is 517 g/mol. The summed E-state index contributed by atoms with van der Waals surface area (Å²) in [4.78, 5) is 12.7. The molecule has 1 aliphatic rings. The van der Waals surface area contributed by atoms with Crippen molar-refractivity contribution in [2.45, 2.75) is 116 Å². The Morgan fingerprint density at radius 2 is 1.53 bits per heavy atom. The van der Waals surface area contributed by atoms with E-state index in [9.17, 15) is 10.1 Å². The largest absolute Gasteiger partial charge is 0.492 e. The average Bonchev–Trinajstić information content (AvgIpc) is 2.96. The van der Waals surface area contributed by atoms with E-state index in [-0.39, 0.29) is 0 Å². The molecule has 0 amide bonds. The molecule has 0 aromatic heterocycles. The van der Waals surface area contributed by atoms with Crippen LogP contribution in [0.25, 0.3) is 0 Å². The maximum Gasteiger partial charge on any atom is 0.343 e. The number of aryl methyl sites for hydroxylation is 1. The van der Waals surface area contributed by atoms with Crippen LogP contribution in [0.3, 0.4) is 0 Å². The topological polar surface area (TPSA) is 59.3 Å². The summed E-state index contributed by atoms with van der Waals surface area (Å²) in [6.07, 6.45) is 21.9. The SMILES string of the molecule is CCCCCCCCCCCCOc1ccc(C(=O)Oc2ccc(CCC3CCCCC3)cc2)cc1C#N. The molecule has 1 fully saturated rings. The van der Waals surface area contributed by atoms with Gasteiger partial charge in [0.05, 0.1) is 17.7 Å². The molecule has 1 saturated carbocycles. The van der Waals surface area contributed by atoms with Crippen LogP contribution in [0.15, 0.2) is 42.5 Å². The number of nitriles is 1. The summed E-state index contributed by atoms with van der Waals surface area (Å²) in [5.41, 5.74) is 2.00. The minimum absolute atomic E-state index is 0.356. The Kier molecular flexibility index (Phi) is 13.8. The van der Waals surface area contributed by atoms with Crippen LogP contribution in [0.4, 0.5) is 0 Å². The lowest BCUT2D eigenvalue weighted by Crippen LogP contribution is -2.09. The molecule has 0 atom stereocenters. The van der Waals surface area contributed by atoms with Crippen LogP contribution < -0.4 is 9.47 Å². The fourth-order valence-electron chi connectivity index (χ4n) is 5.38. The molecule has 2 aromatic carbocycles. The molecule has 2 aromatic rings. The second-order valence-electron chi connectivity index (χ2n) is 10.9. The van der Waals surface area contributed by atoms with E-state index >= 15 is 0 Å². The van der Waals surface area contributed by atoms with Crippen LogP contribution in [-0.4, -0.2) is 12.6 Å². The first-order chi connectivity index (χ1) is 18.7. The fraction of sp³-hybridized carbons (Fsp3) is 0.588. The first-order valence-electron chi connectivity index (χ1n) is 15.2. The van der Waals surface area contributed by atoms with Crippen LogP contribution in [0.1, 0.15) is 131 Å². The number of hydrogen-bond donors (Lipinski definition) is 0. The van der Waals surface area contributed by atoms with Crippen molar-refractivity contribution in [2.75, 3.05) is 6.61 Å². The van der Waals surface area contributed by atoms with Gasteiger partial charge in [-0.25, -0.2) is 4.79 Å². The van der Waals surface area contributed by atoms with Gasteiger partial charge in [-0.1, -0.05) is 109 Å². The standard InChI is InChI=1S/C34H47NO3/c1-2-3-4-5-6-7-8-9-10-14-25-37-33-24-21-30(26-31(33)27-35)34(36)38-32-22-19-29(20-23-32)18-17-28-15-12-11-13-16-28/h19-24,26,28H,2-18,25H2,1H3. The number of hydrogen-bond acceptors (Lipinski definition) is 4. The Hall–Kier alpha value is -2.80. The number of benzene rings is 2. The highest BCUT2D eigenvalue weighted by molar-refractivity contribution is 5.91. The van der Waals surface area contributed by atoms with Gasteiger partial charge in [0.25, 0.3) is 0 Å². The van der Waals surface area contributed by atoms with Gasteiger partial charge in [-0.2, -0.15) is 5.26 Å². The van der Waals surface area contributed by atoms with E-state index in [0.29, 0.717) is 29.2 Å². The fourth-order valence-corrected chi connectivity index (χ4v) is 5.38. The van der Waals surface area contributed by atoms with E-state index in [4.69, 9.17) is 9.47 Å². The van der Waals surface area contributed by atoms with Crippen molar-refractivity contribution in [3.8, 4) is 17.6 Å². The second-order valence-corrected chi connectivity index (χ2v) is 10.9. The summed E-state index contributed by atoms with van der Waals surface area (Å²) in [6.45, 7) is 2.84. The minimum atomic E-state index is -0.460. The lowest BCUT2D eigenvalue weighted by molar-refractivity contribution is 0.0734. The van der Waals surface area contributed by atoms with Crippen molar-refractivity contribution in [3.05, 3.63) is 59.2 Å². The molecule has 3 rings (SSSR count). The maximum atomic E-state index is 12.7. The number of rotatable bonds is 17. The quantitative estimate of drug-likeness (QED) is 0.119. The number of unbranched alkanes of at least 4 members (excludes halogenated alkanes) is 9. The van der Waals surface area contributed by atoms with E-state index in [1.54, 1.807) is 18.2 Å². The third-order valence-electron chi connectivity index (χ3n) is 7.79. The average molecular weight is 518 g/mol. The summed E-state index contributed by atoms with van der Waals surface area (Å²) in [6, 6.07) is 14.9. The molecule has 4 nitrogen and oxygen atoms in total. The third kappa shape index (κ3) is 10.9. The molecule has 0 unspecified atom stereocenters. The van der Waals surface area contributed by atoms with E-state index < -0.39 is 5.97 Å². The first-order valence-corrected chi connectivity index (χ1v) is 15.2. The maximum absolute atomic E-state index is 12.7. The van der Waals surface area contributed by atoms with Crippen molar-refractivity contribution in [2.24, 2.45) is 5.92 Å². The molecule has 0 saturated heterocycles. The molecule has 0 radical (unpaired) electrons. The smallest absolute Gasteiger partial charge is 0.343 e. The van der Waals surface area contributed by atoms with Crippen molar-refractivity contribution in [3.63, 3.8) is 0 Å². The summed E-state index contributed by atoms with van der Waals surface area (Å²) in [5, 5.41) is 9.58. The van der Waals surface area contributed by atoms with Gasteiger partial charge in [-0.3, -0.25) is 0 Å². The van der Waals surface area contributed by atoms with Gasteiger partial charge in [-0.15, -0.1) is 0 Å². The van der Waals surface area contributed by atoms with E-state index in [2.05, 4.69) is 25.1 Å². The zero-order valence-electron chi connectivity index (χ0n) is 23.5. The van der Waals surface area contributed by atoms with Gasteiger partial charge < -0.3 is 9.47 Å². The summed E-state index contributed by atoms with van der Waals surface area (Å²) in [7, 11) is 0. The lowest BCUT2D eigenvalue weighted by atomic mass is 9.85. The van der Waals surface area contributed by atoms with Gasteiger partial charge in [0.15, 0.2) is 0 Å². The molecule has 0 heterocycles. The zero-order chi connectivity index (χ0) is 26.8. The second kappa shape index (κ2) is 17.7. The Labute approximate surface area is 230 Å². The predicted molar refractivity (Wildman–Crippen MR) is 155 cm³/mol. The molecular weight excluding hydrogens is 470 g/mol. The number of nitrogens with zero attached hydrogens (tertiary/aromatic N) is 1. The summed E-state index contributed by atoms with van der Waals surface area (Å²) >= 11 is 0.